The van der Waals surface area contributed by atoms with Gasteiger partial charge in [0.2, 0.25) is 0 Å². The largest absolute Gasteiger partial charge is 0.260 e. The summed E-state index contributed by atoms with van der Waals surface area (Å²) in [5.74, 6) is 0. The molecule has 1 aromatic rings. The number of aryl methyl sites for hydroxylation is 1. The highest BCUT2D eigenvalue weighted by Gasteiger charge is 1.97. The molecule has 0 atom stereocenters. The molecule has 1 heterocycles. The van der Waals surface area contributed by atoms with Crippen LogP contribution < -0.4 is 0 Å². The van der Waals surface area contributed by atoms with Crippen LogP contribution in [-0.2, 0) is 6.54 Å². The van der Waals surface area contributed by atoms with Crippen LogP contribution in [0.3, 0.4) is 0 Å². The summed E-state index contributed by atoms with van der Waals surface area (Å²) in [7, 11) is 0. The van der Waals surface area contributed by atoms with Gasteiger partial charge in [0.25, 0.3) is 0 Å². The van der Waals surface area contributed by atoms with Gasteiger partial charge in [-0.15, -0.1) is 0 Å². The molecule has 0 aromatic carbocycles. The Hall–Kier alpha value is -0.960. The lowest BCUT2D eigenvalue weighted by Crippen LogP contribution is -1.86. The van der Waals surface area contributed by atoms with Gasteiger partial charge in [-0.1, -0.05) is 16.8 Å². The standard InChI is InChI=1S/C7H7ClN2O/c1-5-7(8)2-6(3-9-5)4-10-11/h2-3H,4H2,1H3. The fourth-order valence-electron chi connectivity index (χ4n) is 0.707. The topological polar surface area (TPSA) is 42.3 Å². The molecule has 0 bridgehead atoms. The van der Waals surface area contributed by atoms with Crippen molar-refractivity contribution in [2.75, 3.05) is 0 Å². The van der Waals surface area contributed by atoms with E-state index < -0.39 is 0 Å². The quantitative estimate of drug-likeness (QED) is 0.640. The molecule has 0 saturated carbocycles. The number of aromatic nitrogens is 1. The van der Waals surface area contributed by atoms with E-state index in [1.165, 1.54) is 0 Å². The molecule has 0 saturated heterocycles. The van der Waals surface area contributed by atoms with Crippen LogP contribution in [0.4, 0.5) is 0 Å². The second kappa shape index (κ2) is 3.44. The lowest BCUT2D eigenvalue weighted by atomic mass is 10.2. The van der Waals surface area contributed by atoms with E-state index >= 15 is 0 Å². The van der Waals surface area contributed by atoms with Gasteiger partial charge in [-0.25, -0.2) is 0 Å². The van der Waals surface area contributed by atoms with E-state index in [4.69, 9.17) is 11.6 Å². The van der Waals surface area contributed by atoms with Crippen molar-refractivity contribution in [1.82, 2.24) is 4.98 Å². The first kappa shape index (κ1) is 8.14. The van der Waals surface area contributed by atoms with E-state index in [1.807, 2.05) is 0 Å². The average molecular weight is 171 g/mol. The third-order valence-corrected chi connectivity index (χ3v) is 1.71. The van der Waals surface area contributed by atoms with Crippen LogP contribution in [0.2, 0.25) is 5.02 Å². The van der Waals surface area contributed by atoms with Crippen LogP contribution in [0, 0.1) is 11.8 Å². The fourth-order valence-corrected chi connectivity index (χ4v) is 0.896. The summed E-state index contributed by atoms with van der Waals surface area (Å²) in [4.78, 5) is 13.8. The molecule has 0 fully saturated rings. The van der Waals surface area contributed by atoms with E-state index in [-0.39, 0.29) is 6.54 Å². The van der Waals surface area contributed by atoms with Crippen LogP contribution in [0.25, 0.3) is 0 Å². The lowest BCUT2D eigenvalue weighted by molar-refractivity contribution is 1.02. The van der Waals surface area contributed by atoms with E-state index in [9.17, 15) is 4.91 Å². The first-order valence-electron chi connectivity index (χ1n) is 3.14. The Kier molecular flexibility index (Phi) is 2.54. The van der Waals surface area contributed by atoms with Gasteiger partial charge in [0.05, 0.1) is 10.7 Å². The van der Waals surface area contributed by atoms with Crippen molar-refractivity contribution in [3.8, 4) is 0 Å². The Morgan fingerprint density at radius 3 is 3.00 bits per heavy atom. The number of pyridine rings is 1. The number of hydrogen-bond acceptors (Lipinski definition) is 3. The minimum atomic E-state index is 0.132. The van der Waals surface area contributed by atoms with Gasteiger partial charge >= 0.3 is 0 Å². The van der Waals surface area contributed by atoms with Crippen molar-refractivity contribution in [2.24, 2.45) is 5.18 Å². The minimum Gasteiger partial charge on any atom is -0.260 e. The lowest BCUT2D eigenvalue weighted by Gasteiger charge is -1.97. The minimum absolute atomic E-state index is 0.132. The summed E-state index contributed by atoms with van der Waals surface area (Å²) in [6.07, 6.45) is 1.60. The SMILES string of the molecule is Cc1ncc(CN=O)cc1Cl. The van der Waals surface area contributed by atoms with E-state index in [0.717, 1.165) is 11.3 Å². The molecule has 0 aliphatic heterocycles. The summed E-state index contributed by atoms with van der Waals surface area (Å²) in [5.41, 5.74) is 1.51. The molecule has 0 N–H and O–H groups in total. The second-order valence-corrected chi connectivity index (χ2v) is 2.61. The maximum atomic E-state index is 9.85. The van der Waals surface area contributed by atoms with Crippen molar-refractivity contribution >= 4 is 11.6 Å². The highest BCUT2D eigenvalue weighted by Crippen LogP contribution is 2.14. The van der Waals surface area contributed by atoms with Gasteiger partial charge in [-0.05, 0) is 18.6 Å². The normalized spacial score (nSPS) is 9.64. The van der Waals surface area contributed by atoms with Gasteiger partial charge in [-0.2, -0.15) is 4.91 Å². The number of rotatable bonds is 2. The Balaban J connectivity index is 2.95. The highest BCUT2D eigenvalue weighted by molar-refractivity contribution is 6.31. The summed E-state index contributed by atoms with van der Waals surface area (Å²) < 4.78 is 0. The van der Waals surface area contributed by atoms with E-state index in [1.54, 1.807) is 19.2 Å². The molecule has 0 aliphatic carbocycles. The van der Waals surface area contributed by atoms with Crippen molar-refractivity contribution in [3.05, 3.63) is 33.5 Å². The van der Waals surface area contributed by atoms with Crippen LogP contribution in [0.1, 0.15) is 11.3 Å². The predicted octanol–water partition coefficient (Wildman–Crippen LogP) is 2.31. The molecule has 0 radical (unpaired) electrons. The molecule has 4 heteroatoms. The molecule has 0 amide bonds. The Bertz CT molecular complexity index is 275. The Labute approximate surface area is 69.4 Å². The molecular weight excluding hydrogens is 164 g/mol. The molecule has 58 valence electrons. The van der Waals surface area contributed by atoms with Crippen molar-refractivity contribution in [2.45, 2.75) is 13.5 Å². The van der Waals surface area contributed by atoms with Gasteiger partial charge < -0.3 is 0 Å². The molecule has 1 aromatic heterocycles. The molecular formula is C7H7ClN2O. The van der Waals surface area contributed by atoms with Gasteiger partial charge in [-0.3, -0.25) is 4.98 Å². The monoisotopic (exact) mass is 170 g/mol. The zero-order chi connectivity index (χ0) is 8.27. The van der Waals surface area contributed by atoms with Gasteiger partial charge in [0.15, 0.2) is 0 Å². The third kappa shape index (κ3) is 1.98. The fraction of sp³-hybridized carbons (Fsp3) is 0.286. The summed E-state index contributed by atoms with van der Waals surface area (Å²) in [5, 5.41) is 3.30. The maximum Gasteiger partial charge on any atom is 0.108 e. The third-order valence-electron chi connectivity index (χ3n) is 1.33. The molecule has 0 spiro atoms. The van der Waals surface area contributed by atoms with Crippen LogP contribution in [-0.4, -0.2) is 4.98 Å². The molecule has 1 rings (SSSR count). The second-order valence-electron chi connectivity index (χ2n) is 2.20. The van der Waals surface area contributed by atoms with Gasteiger partial charge in [0, 0.05) is 6.20 Å². The number of hydrogen-bond donors (Lipinski definition) is 0. The number of nitrogens with zero attached hydrogens (tertiary/aromatic N) is 2. The van der Waals surface area contributed by atoms with E-state index in [0.29, 0.717) is 5.02 Å². The zero-order valence-corrected chi connectivity index (χ0v) is 6.80. The molecule has 3 nitrogen and oxygen atoms in total. The van der Waals surface area contributed by atoms with E-state index in [2.05, 4.69) is 10.2 Å². The molecule has 0 unspecified atom stereocenters. The average Bonchev–Trinajstić information content (AvgIpc) is 1.98. The number of nitroso groups, excluding NO2 is 1. The van der Waals surface area contributed by atoms with Crippen LogP contribution >= 0.6 is 11.6 Å². The Morgan fingerprint density at radius 1 is 1.73 bits per heavy atom. The maximum absolute atomic E-state index is 9.85. The molecule has 0 aliphatic rings. The predicted molar refractivity (Wildman–Crippen MR) is 43.5 cm³/mol. The van der Waals surface area contributed by atoms with Crippen molar-refractivity contribution in [3.63, 3.8) is 0 Å². The first-order valence-corrected chi connectivity index (χ1v) is 3.52. The first-order chi connectivity index (χ1) is 5.24. The Morgan fingerprint density at radius 2 is 2.45 bits per heavy atom. The van der Waals surface area contributed by atoms with Gasteiger partial charge in [0.1, 0.15) is 6.54 Å². The summed E-state index contributed by atoms with van der Waals surface area (Å²) in [6, 6.07) is 1.70. The smallest absolute Gasteiger partial charge is 0.108 e. The zero-order valence-electron chi connectivity index (χ0n) is 6.04. The highest BCUT2D eigenvalue weighted by atomic mass is 35.5. The number of halogens is 1. The summed E-state index contributed by atoms with van der Waals surface area (Å²) >= 11 is 5.74. The van der Waals surface area contributed by atoms with Crippen LogP contribution in [0.15, 0.2) is 17.4 Å². The molecule has 11 heavy (non-hydrogen) atoms. The van der Waals surface area contributed by atoms with Crippen molar-refractivity contribution in [1.29, 1.82) is 0 Å². The van der Waals surface area contributed by atoms with Crippen molar-refractivity contribution < 1.29 is 0 Å². The van der Waals surface area contributed by atoms with Crippen LogP contribution in [0.5, 0.6) is 0 Å². The summed E-state index contributed by atoms with van der Waals surface area (Å²) in [6.45, 7) is 1.94.